The molecule has 0 bridgehead atoms. The maximum atomic E-state index is 9.10. The van der Waals surface area contributed by atoms with Crippen LogP contribution in [0.3, 0.4) is 0 Å². The Labute approximate surface area is 122 Å². The summed E-state index contributed by atoms with van der Waals surface area (Å²) in [5.74, 6) is 0.719. The van der Waals surface area contributed by atoms with Crippen LogP contribution in [0.5, 0.6) is 0 Å². The Balaban J connectivity index is 1.73. The van der Waals surface area contributed by atoms with Gasteiger partial charge in [0.25, 0.3) is 0 Å². The van der Waals surface area contributed by atoms with Crippen molar-refractivity contribution >= 4 is 11.8 Å². The summed E-state index contributed by atoms with van der Waals surface area (Å²) in [5.41, 5.74) is 1.75. The first-order valence-corrected chi connectivity index (χ1v) is 7.75. The smallest absolute Gasteiger partial charge is 0.209 e. The normalized spacial score (nSPS) is 15.3. The van der Waals surface area contributed by atoms with Gasteiger partial charge < -0.3 is 0 Å². The van der Waals surface area contributed by atoms with Crippen LogP contribution in [0.25, 0.3) is 0 Å². The molecule has 1 aromatic carbocycles. The maximum Gasteiger partial charge on any atom is 0.209 e. The average molecular weight is 285 g/mol. The highest BCUT2D eigenvalue weighted by atomic mass is 32.2. The summed E-state index contributed by atoms with van der Waals surface area (Å²) in [4.78, 5) is 0. The lowest BCUT2D eigenvalue weighted by molar-refractivity contribution is 0.423. The van der Waals surface area contributed by atoms with Crippen molar-refractivity contribution in [3.63, 3.8) is 0 Å². The van der Waals surface area contributed by atoms with Crippen molar-refractivity contribution in [2.75, 3.05) is 0 Å². The fraction of sp³-hybridized carbons (Fsp3) is 0.429. The highest BCUT2D eigenvalue weighted by molar-refractivity contribution is 7.98. The van der Waals surface area contributed by atoms with E-state index in [1.165, 1.54) is 12.8 Å². The van der Waals surface area contributed by atoms with Gasteiger partial charge in [-0.05, 0) is 34.9 Å². The molecule has 0 unspecified atom stereocenters. The van der Waals surface area contributed by atoms with Crippen LogP contribution in [0.15, 0.2) is 29.4 Å². The second-order valence-corrected chi connectivity index (χ2v) is 5.84. The van der Waals surface area contributed by atoms with E-state index in [2.05, 4.69) is 21.6 Å². The van der Waals surface area contributed by atoms with Gasteiger partial charge in [0.1, 0.15) is 0 Å². The molecule has 0 atom stereocenters. The van der Waals surface area contributed by atoms with Gasteiger partial charge in [0.2, 0.25) is 5.16 Å². The fourth-order valence-corrected chi connectivity index (χ4v) is 3.50. The molecule has 1 aliphatic rings. The Morgan fingerprint density at radius 1 is 1.30 bits per heavy atom. The molecular weight excluding hydrogens is 270 g/mol. The Morgan fingerprint density at radius 2 is 2.10 bits per heavy atom. The molecule has 0 N–H and O–H groups in total. The first-order valence-electron chi connectivity index (χ1n) is 6.77. The predicted octanol–water partition coefficient (Wildman–Crippen LogP) is 2.95. The molecule has 6 heteroatoms. The van der Waals surface area contributed by atoms with Gasteiger partial charge in [-0.25, -0.2) is 4.68 Å². The van der Waals surface area contributed by atoms with Crippen LogP contribution in [-0.2, 0) is 5.75 Å². The lowest BCUT2D eigenvalue weighted by Gasteiger charge is -2.10. The first kappa shape index (κ1) is 13.1. The number of thioether (sulfide) groups is 1. The van der Waals surface area contributed by atoms with Crippen LogP contribution >= 0.6 is 11.8 Å². The van der Waals surface area contributed by atoms with Gasteiger partial charge in [-0.2, -0.15) is 5.26 Å². The number of aromatic nitrogens is 4. The van der Waals surface area contributed by atoms with Crippen molar-refractivity contribution in [1.29, 1.82) is 5.26 Å². The molecular formula is C14H15N5S. The lowest BCUT2D eigenvalue weighted by Crippen LogP contribution is -2.08. The van der Waals surface area contributed by atoms with Gasteiger partial charge in [-0.1, -0.05) is 42.8 Å². The maximum absolute atomic E-state index is 9.10. The molecule has 1 aliphatic carbocycles. The summed E-state index contributed by atoms with van der Waals surface area (Å²) in [6.45, 7) is 0. The molecule has 0 spiro atoms. The minimum absolute atomic E-state index is 0.443. The minimum atomic E-state index is 0.443. The molecule has 0 radical (unpaired) electrons. The van der Waals surface area contributed by atoms with Crippen LogP contribution in [-0.4, -0.2) is 20.2 Å². The number of benzene rings is 1. The summed E-state index contributed by atoms with van der Waals surface area (Å²) >= 11 is 1.60. The second-order valence-electron chi connectivity index (χ2n) is 4.90. The molecule has 1 fully saturated rings. The zero-order valence-corrected chi connectivity index (χ0v) is 11.9. The van der Waals surface area contributed by atoms with Gasteiger partial charge in [-0.15, -0.1) is 5.10 Å². The molecule has 1 saturated carbocycles. The largest absolute Gasteiger partial charge is 0.217 e. The van der Waals surface area contributed by atoms with Gasteiger partial charge >= 0.3 is 0 Å². The third kappa shape index (κ3) is 2.68. The molecule has 1 aromatic heterocycles. The monoisotopic (exact) mass is 285 g/mol. The van der Waals surface area contributed by atoms with Crippen molar-refractivity contribution in [3.8, 4) is 6.07 Å². The van der Waals surface area contributed by atoms with E-state index in [1.807, 2.05) is 28.9 Å². The molecule has 102 valence electrons. The number of hydrogen-bond donors (Lipinski definition) is 0. The summed E-state index contributed by atoms with van der Waals surface area (Å²) in [7, 11) is 0. The topological polar surface area (TPSA) is 67.4 Å². The van der Waals surface area contributed by atoms with E-state index >= 15 is 0 Å². The fourth-order valence-electron chi connectivity index (χ4n) is 2.56. The van der Waals surface area contributed by atoms with E-state index in [0.29, 0.717) is 6.04 Å². The van der Waals surface area contributed by atoms with Crippen LogP contribution in [0.4, 0.5) is 0 Å². The van der Waals surface area contributed by atoms with E-state index < -0.39 is 0 Å². The summed E-state index contributed by atoms with van der Waals surface area (Å²) in [6, 6.07) is 10.3. The number of hydrogen-bond acceptors (Lipinski definition) is 5. The van der Waals surface area contributed by atoms with Gasteiger partial charge in [0, 0.05) is 5.75 Å². The van der Waals surface area contributed by atoms with Crippen LogP contribution < -0.4 is 0 Å². The standard InChI is InChI=1S/C14H15N5S/c15-9-11-5-1-2-6-12(11)10-20-14-16-17-18-19(14)13-7-3-4-8-13/h1-2,5-6,13H,3-4,7-8,10H2. The van der Waals surface area contributed by atoms with E-state index in [4.69, 9.17) is 5.26 Å². The predicted molar refractivity (Wildman–Crippen MR) is 76.0 cm³/mol. The van der Waals surface area contributed by atoms with E-state index in [9.17, 15) is 0 Å². The van der Waals surface area contributed by atoms with Crippen LogP contribution in [0.2, 0.25) is 0 Å². The number of rotatable bonds is 4. The third-order valence-electron chi connectivity index (χ3n) is 3.63. The third-order valence-corrected chi connectivity index (χ3v) is 4.61. The molecule has 0 saturated heterocycles. The summed E-state index contributed by atoms with van der Waals surface area (Å²) in [6.07, 6.45) is 4.83. The second kappa shape index (κ2) is 6.06. The SMILES string of the molecule is N#Cc1ccccc1CSc1nnnn1C1CCCC1. The molecule has 0 aliphatic heterocycles. The summed E-state index contributed by atoms with van der Waals surface area (Å²) in [5, 5.41) is 22.0. The lowest BCUT2D eigenvalue weighted by atomic mass is 10.1. The van der Waals surface area contributed by atoms with Crippen molar-refractivity contribution in [3.05, 3.63) is 35.4 Å². The molecule has 2 aromatic rings. The Morgan fingerprint density at radius 3 is 2.90 bits per heavy atom. The Kier molecular flexibility index (Phi) is 3.97. The number of nitrogens with zero attached hydrogens (tertiary/aromatic N) is 5. The Bertz CT molecular complexity index is 624. The molecule has 5 nitrogen and oxygen atoms in total. The number of tetrazole rings is 1. The zero-order valence-electron chi connectivity index (χ0n) is 11.1. The van der Waals surface area contributed by atoms with Crippen molar-refractivity contribution in [2.24, 2.45) is 0 Å². The average Bonchev–Trinajstić information content (AvgIpc) is 3.15. The van der Waals surface area contributed by atoms with Gasteiger partial charge in [0.05, 0.1) is 17.7 Å². The molecule has 20 heavy (non-hydrogen) atoms. The highest BCUT2D eigenvalue weighted by Crippen LogP contribution is 2.32. The van der Waals surface area contributed by atoms with Gasteiger partial charge in [-0.3, -0.25) is 0 Å². The first-order chi connectivity index (χ1) is 9.88. The van der Waals surface area contributed by atoms with Crippen molar-refractivity contribution in [2.45, 2.75) is 42.6 Å². The molecule has 3 rings (SSSR count). The van der Waals surface area contributed by atoms with E-state index in [1.54, 1.807) is 11.8 Å². The van der Waals surface area contributed by atoms with Gasteiger partial charge in [0.15, 0.2) is 0 Å². The quantitative estimate of drug-likeness (QED) is 0.808. The minimum Gasteiger partial charge on any atom is -0.217 e. The van der Waals surface area contributed by atoms with E-state index in [0.717, 1.165) is 34.9 Å². The zero-order chi connectivity index (χ0) is 13.8. The number of nitriles is 1. The Hall–Kier alpha value is -1.87. The van der Waals surface area contributed by atoms with Crippen LogP contribution in [0.1, 0.15) is 42.9 Å². The van der Waals surface area contributed by atoms with E-state index in [-0.39, 0.29) is 0 Å². The molecule has 0 amide bonds. The highest BCUT2D eigenvalue weighted by Gasteiger charge is 2.21. The summed E-state index contributed by atoms with van der Waals surface area (Å²) < 4.78 is 1.95. The molecule has 1 heterocycles. The van der Waals surface area contributed by atoms with Crippen LogP contribution in [0, 0.1) is 11.3 Å². The van der Waals surface area contributed by atoms with Crippen molar-refractivity contribution < 1.29 is 0 Å². The van der Waals surface area contributed by atoms with Crippen molar-refractivity contribution in [1.82, 2.24) is 20.2 Å².